The molecule has 1 atom stereocenters. The van der Waals surface area contributed by atoms with Gasteiger partial charge in [-0.05, 0) is 48.8 Å². The molecule has 1 aromatic rings. The van der Waals surface area contributed by atoms with Gasteiger partial charge < -0.3 is 5.73 Å². The fourth-order valence-electron chi connectivity index (χ4n) is 3.42. The minimum atomic E-state index is 0.153. The summed E-state index contributed by atoms with van der Waals surface area (Å²) >= 11 is 6.22. The molecule has 1 aromatic carbocycles. The quantitative estimate of drug-likeness (QED) is 0.746. The highest BCUT2D eigenvalue weighted by Gasteiger charge is 2.26. The maximum absolute atomic E-state index is 6.48. The van der Waals surface area contributed by atoms with E-state index in [1.807, 2.05) is 6.92 Å². The molecule has 1 saturated carbocycles. The third kappa shape index (κ3) is 3.99. The van der Waals surface area contributed by atoms with E-state index >= 15 is 0 Å². The summed E-state index contributed by atoms with van der Waals surface area (Å²) in [6.07, 6.45) is 9.39. The molecular formula is C18H28ClN. The van der Waals surface area contributed by atoms with Crippen molar-refractivity contribution in [1.29, 1.82) is 0 Å². The normalized spacial score (nSPS) is 24.6. The number of nitrogens with two attached hydrogens (primary N) is 1. The van der Waals surface area contributed by atoms with Crippen molar-refractivity contribution < 1.29 is 0 Å². The zero-order valence-corrected chi connectivity index (χ0v) is 13.6. The lowest BCUT2D eigenvalue weighted by Gasteiger charge is -2.32. The maximum Gasteiger partial charge on any atom is 0.0438 e. The topological polar surface area (TPSA) is 26.0 Å². The van der Waals surface area contributed by atoms with Crippen LogP contribution in [0.25, 0.3) is 0 Å². The average molecular weight is 294 g/mol. The molecule has 0 spiro atoms. The molecular weight excluding hydrogens is 266 g/mol. The Hall–Kier alpha value is -0.530. The lowest BCUT2D eigenvalue weighted by atomic mass is 9.75. The molecule has 0 heterocycles. The van der Waals surface area contributed by atoms with Crippen molar-refractivity contribution >= 4 is 11.6 Å². The Kier molecular flexibility index (Phi) is 5.92. The van der Waals surface area contributed by atoms with Crippen LogP contribution < -0.4 is 5.73 Å². The summed E-state index contributed by atoms with van der Waals surface area (Å²) in [4.78, 5) is 0. The molecule has 0 bridgehead atoms. The van der Waals surface area contributed by atoms with Gasteiger partial charge in [-0.2, -0.15) is 0 Å². The highest BCUT2D eigenvalue weighted by atomic mass is 35.5. The molecule has 1 unspecified atom stereocenters. The van der Waals surface area contributed by atoms with Gasteiger partial charge >= 0.3 is 0 Å². The minimum Gasteiger partial charge on any atom is -0.324 e. The van der Waals surface area contributed by atoms with E-state index in [9.17, 15) is 0 Å². The van der Waals surface area contributed by atoms with E-state index in [1.54, 1.807) is 0 Å². The Bertz CT molecular complexity index is 421. The standard InChI is InChI=1S/C18H28ClN/c1-3-4-5-14-7-10-15(11-8-14)18(20)16-9-6-13(2)17(19)12-16/h6,9,12,14-15,18H,3-5,7-8,10-11,20H2,1-2H3. The average Bonchev–Trinajstić information content (AvgIpc) is 2.48. The largest absolute Gasteiger partial charge is 0.324 e. The van der Waals surface area contributed by atoms with Crippen molar-refractivity contribution in [2.75, 3.05) is 0 Å². The van der Waals surface area contributed by atoms with Gasteiger partial charge in [0.2, 0.25) is 0 Å². The van der Waals surface area contributed by atoms with E-state index in [0.717, 1.165) is 16.5 Å². The van der Waals surface area contributed by atoms with Crippen molar-refractivity contribution in [2.45, 2.75) is 64.8 Å². The zero-order valence-electron chi connectivity index (χ0n) is 12.9. The summed E-state index contributed by atoms with van der Waals surface area (Å²) in [7, 11) is 0. The van der Waals surface area contributed by atoms with Crippen molar-refractivity contribution in [3.63, 3.8) is 0 Å². The maximum atomic E-state index is 6.48. The van der Waals surface area contributed by atoms with Crippen LogP contribution in [0.15, 0.2) is 18.2 Å². The Morgan fingerprint density at radius 3 is 2.55 bits per heavy atom. The fraction of sp³-hybridized carbons (Fsp3) is 0.667. The lowest BCUT2D eigenvalue weighted by Crippen LogP contribution is -2.26. The van der Waals surface area contributed by atoms with Crippen LogP contribution in [-0.2, 0) is 0 Å². The van der Waals surface area contributed by atoms with Gasteiger partial charge in [-0.3, -0.25) is 0 Å². The minimum absolute atomic E-state index is 0.153. The van der Waals surface area contributed by atoms with Crippen molar-refractivity contribution in [1.82, 2.24) is 0 Å². The number of hydrogen-bond acceptors (Lipinski definition) is 1. The van der Waals surface area contributed by atoms with Crippen LogP contribution >= 0.6 is 11.6 Å². The molecule has 1 aliphatic rings. The monoisotopic (exact) mass is 293 g/mol. The first-order valence-corrected chi connectivity index (χ1v) is 8.51. The first-order chi connectivity index (χ1) is 9.61. The van der Waals surface area contributed by atoms with Crippen molar-refractivity contribution in [3.8, 4) is 0 Å². The van der Waals surface area contributed by atoms with Gasteiger partial charge in [0.25, 0.3) is 0 Å². The van der Waals surface area contributed by atoms with E-state index < -0.39 is 0 Å². The third-order valence-corrected chi connectivity index (χ3v) is 5.35. The van der Waals surface area contributed by atoms with Gasteiger partial charge in [-0.25, -0.2) is 0 Å². The summed E-state index contributed by atoms with van der Waals surface area (Å²) < 4.78 is 0. The number of hydrogen-bond donors (Lipinski definition) is 1. The Morgan fingerprint density at radius 1 is 1.25 bits per heavy atom. The van der Waals surface area contributed by atoms with Gasteiger partial charge in [0, 0.05) is 11.1 Å². The summed E-state index contributed by atoms with van der Waals surface area (Å²) in [6, 6.07) is 6.45. The highest BCUT2D eigenvalue weighted by Crippen LogP contribution is 2.38. The van der Waals surface area contributed by atoms with Gasteiger partial charge in [0.1, 0.15) is 0 Å². The predicted molar refractivity (Wildman–Crippen MR) is 88.1 cm³/mol. The van der Waals surface area contributed by atoms with Gasteiger partial charge in [-0.15, -0.1) is 0 Å². The molecule has 0 saturated heterocycles. The predicted octanol–water partition coefficient (Wildman–Crippen LogP) is 5.64. The number of aryl methyl sites for hydroxylation is 1. The molecule has 20 heavy (non-hydrogen) atoms. The van der Waals surface area contributed by atoms with Crippen molar-refractivity contribution in [2.24, 2.45) is 17.6 Å². The smallest absolute Gasteiger partial charge is 0.0438 e. The molecule has 2 heteroatoms. The number of unbranched alkanes of at least 4 members (excludes halogenated alkanes) is 1. The van der Waals surface area contributed by atoms with Gasteiger partial charge in [0.15, 0.2) is 0 Å². The number of halogens is 1. The Balaban J connectivity index is 1.91. The van der Waals surface area contributed by atoms with Crippen molar-refractivity contribution in [3.05, 3.63) is 34.3 Å². The summed E-state index contributed by atoms with van der Waals surface area (Å²) in [5.41, 5.74) is 8.81. The van der Waals surface area contributed by atoms with Crippen LogP contribution in [0.5, 0.6) is 0 Å². The van der Waals surface area contributed by atoms with Crippen LogP contribution in [-0.4, -0.2) is 0 Å². The first kappa shape index (κ1) is 15.9. The van der Waals surface area contributed by atoms with Gasteiger partial charge in [0.05, 0.1) is 0 Å². The molecule has 1 fully saturated rings. The number of benzene rings is 1. The molecule has 2 N–H and O–H groups in total. The highest BCUT2D eigenvalue weighted by molar-refractivity contribution is 6.31. The van der Waals surface area contributed by atoms with E-state index in [-0.39, 0.29) is 6.04 Å². The second kappa shape index (κ2) is 7.47. The zero-order chi connectivity index (χ0) is 14.5. The molecule has 0 amide bonds. The number of rotatable bonds is 5. The van der Waals surface area contributed by atoms with Crippen LogP contribution in [0.3, 0.4) is 0 Å². The third-order valence-electron chi connectivity index (χ3n) is 4.95. The molecule has 2 rings (SSSR count). The second-order valence-corrected chi connectivity index (χ2v) is 6.86. The molecule has 0 aliphatic heterocycles. The Morgan fingerprint density at radius 2 is 1.95 bits per heavy atom. The van der Waals surface area contributed by atoms with E-state index in [1.165, 1.54) is 50.5 Å². The van der Waals surface area contributed by atoms with Crippen LogP contribution in [0.1, 0.15) is 69.0 Å². The van der Waals surface area contributed by atoms with Gasteiger partial charge in [-0.1, -0.05) is 62.8 Å². The molecule has 1 nitrogen and oxygen atoms in total. The van der Waals surface area contributed by atoms with E-state index in [2.05, 4.69) is 25.1 Å². The molecule has 112 valence electrons. The first-order valence-electron chi connectivity index (χ1n) is 8.13. The summed E-state index contributed by atoms with van der Waals surface area (Å²) in [5, 5.41) is 0.842. The molecule has 1 aliphatic carbocycles. The molecule has 0 radical (unpaired) electrons. The van der Waals surface area contributed by atoms with Crippen LogP contribution in [0.4, 0.5) is 0 Å². The summed E-state index contributed by atoms with van der Waals surface area (Å²) in [5.74, 6) is 1.58. The second-order valence-electron chi connectivity index (χ2n) is 6.46. The molecule has 0 aromatic heterocycles. The summed E-state index contributed by atoms with van der Waals surface area (Å²) in [6.45, 7) is 4.32. The SMILES string of the molecule is CCCCC1CCC(C(N)c2ccc(C)c(Cl)c2)CC1. The van der Waals surface area contributed by atoms with E-state index in [4.69, 9.17) is 17.3 Å². The lowest BCUT2D eigenvalue weighted by molar-refractivity contribution is 0.232. The van der Waals surface area contributed by atoms with Crippen LogP contribution in [0.2, 0.25) is 5.02 Å². The Labute approximate surface area is 128 Å². The van der Waals surface area contributed by atoms with Crippen LogP contribution in [0, 0.1) is 18.8 Å². The van der Waals surface area contributed by atoms with E-state index in [0.29, 0.717) is 5.92 Å². The fourth-order valence-corrected chi connectivity index (χ4v) is 3.61.